The summed E-state index contributed by atoms with van der Waals surface area (Å²) in [5.41, 5.74) is 2.05. The summed E-state index contributed by atoms with van der Waals surface area (Å²) >= 11 is 6.48. The first-order chi connectivity index (χ1) is 15.8. The van der Waals surface area contributed by atoms with Crippen molar-refractivity contribution < 1.29 is 13.6 Å². The van der Waals surface area contributed by atoms with Gasteiger partial charge in [0.1, 0.15) is 17.3 Å². The number of hydrogen-bond acceptors (Lipinski definition) is 2. The molecule has 0 spiro atoms. The van der Waals surface area contributed by atoms with Crippen LogP contribution in [0.3, 0.4) is 0 Å². The minimum atomic E-state index is -0.935. The van der Waals surface area contributed by atoms with Crippen molar-refractivity contribution in [3.05, 3.63) is 93.2 Å². The van der Waals surface area contributed by atoms with Crippen LogP contribution in [-0.2, 0) is 13.5 Å². The summed E-state index contributed by atoms with van der Waals surface area (Å²) < 4.78 is 28.6. The number of aromatic nitrogens is 1. The smallest absolute Gasteiger partial charge is 0.310 e. The van der Waals surface area contributed by atoms with Crippen LogP contribution in [0.4, 0.5) is 25.0 Å². The van der Waals surface area contributed by atoms with Gasteiger partial charge in [0, 0.05) is 34.6 Å². The maximum absolute atomic E-state index is 14.0. The number of hydrogen-bond donors (Lipinski definition) is 2. The van der Waals surface area contributed by atoms with Crippen LogP contribution >= 0.6 is 11.6 Å². The van der Waals surface area contributed by atoms with Crippen LogP contribution in [0.1, 0.15) is 12.5 Å². The lowest BCUT2D eigenvalue weighted by molar-refractivity contribution is 0.262. The first-order valence-corrected chi connectivity index (χ1v) is 10.6. The highest BCUT2D eigenvalue weighted by Gasteiger charge is 2.21. The number of aryl methyl sites for hydroxylation is 2. The Labute approximate surface area is 193 Å². The fourth-order valence-electron chi connectivity index (χ4n) is 3.73. The maximum Gasteiger partial charge on any atom is 0.323 e. The summed E-state index contributed by atoms with van der Waals surface area (Å²) in [6, 6.07) is 14.7. The number of anilines is 2. The summed E-state index contributed by atoms with van der Waals surface area (Å²) in [5.74, 6) is -1.70. The fraction of sp³-hybridized carbons (Fsp3) is 0.120. The zero-order valence-electron chi connectivity index (χ0n) is 17.9. The molecular weight excluding hydrogens is 448 g/mol. The van der Waals surface area contributed by atoms with Gasteiger partial charge in [-0.05, 0) is 42.3 Å². The molecule has 0 unspecified atom stereocenters. The average molecular weight is 468 g/mol. The number of nitrogens with one attached hydrogen (secondary N) is 2. The average Bonchev–Trinajstić information content (AvgIpc) is 2.80. The lowest BCUT2D eigenvalue weighted by Gasteiger charge is -2.18. The van der Waals surface area contributed by atoms with Crippen LogP contribution in [0.25, 0.3) is 22.0 Å². The Hall–Kier alpha value is -3.71. The molecule has 168 valence electrons. The molecule has 0 aliphatic heterocycles. The Morgan fingerprint density at radius 2 is 1.79 bits per heavy atom. The van der Waals surface area contributed by atoms with Gasteiger partial charge in [0.25, 0.3) is 5.56 Å². The lowest BCUT2D eigenvalue weighted by Crippen LogP contribution is -2.28. The highest BCUT2D eigenvalue weighted by molar-refractivity contribution is 6.34. The highest BCUT2D eigenvalue weighted by Crippen LogP contribution is 2.37. The molecule has 1 aromatic heterocycles. The summed E-state index contributed by atoms with van der Waals surface area (Å²) in [4.78, 5) is 26.0. The largest absolute Gasteiger partial charge is 0.323 e. The zero-order chi connectivity index (χ0) is 23.7. The van der Waals surface area contributed by atoms with Crippen molar-refractivity contribution >= 4 is 39.9 Å². The fourth-order valence-corrected chi connectivity index (χ4v) is 3.96. The van der Waals surface area contributed by atoms with Gasteiger partial charge in [-0.15, -0.1) is 0 Å². The van der Waals surface area contributed by atoms with E-state index in [9.17, 15) is 18.4 Å². The maximum atomic E-state index is 14.0. The van der Waals surface area contributed by atoms with Gasteiger partial charge in [-0.2, -0.15) is 0 Å². The second kappa shape index (κ2) is 9.03. The topological polar surface area (TPSA) is 63.1 Å². The summed E-state index contributed by atoms with van der Waals surface area (Å²) in [6.45, 7) is 2.02. The summed E-state index contributed by atoms with van der Waals surface area (Å²) in [6.07, 6.45) is 0.772. The number of carbonyl (C=O) groups is 1. The van der Waals surface area contributed by atoms with Crippen LogP contribution in [-0.4, -0.2) is 10.6 Å². The van der Waals surface area contributed by atoms with E-state index in [1.807, 2.05) is 25.1 Å². The molecule has 0 saturated heterocycles. The first kappa shape index (κ1) is 22.5. The van der Waals surface area contributed by atoms with Crippen molar-refractivity contribution in [2.24, 2.45) is 7.05 Å². The van der Waals surface area contributed by atoms with Crippen molar-refractivity contribution in [2.45, 2.75) is 13.3 Å². The molecule has 0 bridgehead atoms. The minimum absolute atomic E-state index is 0.00799. The summed E-state index contributed by atoms with van der Waals surface area (Å²) in [7, 11) is 1.61. The number of urea groups is 1. The van der Waals surface area contributed by atoms with Gasteiger partial charge in [-0.1, -0.05) is 42.8 Å². The van der Waals surface area contributed by atoms with Gasteiger partial charge in [-0.3, -0.25) is 4.79 Å². The molecule has 0 saturated carbocycles. The Balaban J connectivity index is 1.90. The van der Waals surface area contributed by atoms with Gasteiger partial charge in [0.15, 0.2) is 0 Å². The molecule has 4 aromatic rings. The van der Waals surface area contributed by atoms with Crippen LogP contribution in [0, 0.1) is 11.6 Å². The zero-order valence-corrected chi connectivity index (χ0v) is 18.6. The van der Waals surface area contributed by atoms with E-state index >= 15 is 0 Å². The van der Waals surface area contributed by atoms with E-state index in [2.05, 4.69) is 10.6 Å². The number of halogens is 3. The van der Waals surface area contributed by atoms with Gasteiger partial charge >= 0.3 is 6.03 Å². The minimum Gasteiger partial charge on any atom is -0.310 e. The second-order valence-corrected chi connectivity index (χ2v) is 7.91. The van der Waals surface area contributed by atoms with Gasteiger partial charge in [-0.25, -0.2) is 13.6 Å². The molecule has 8 heteroatoms. The Morgan fingerprint density at radius 3 is 2.48 bits per heavy atom. The van der Waals surface area contributed by atoms with Gasteiger partial charge in [0.05, 0.1) is 11.2 Å². The molecule has 0 radical (unpaired) electrons. The lowest BCUT2D eigenvalue weighted by atomic mass is 9.97. The molecule has 1 heterocycles. The van der Waals surface area contributed by atoms with Crippen molar-refractivity contribution in [3.8, 4) is 11.1 Å². The molecule has 5 nitrogen and oxygen atoms in total. The van der Waals surface area contributed by atoms with E-state index in [4.69, 9.17) is 11.6 Å². The molecule has 0 aliphatic carbocycles. The third-order valence-corrected chi connectivity index (χ3v) is 5.76. The van der Waals surface area contributed by atoms with Gasteiger partial charge in [0.2, 0.25) is 0 Å². The molecule has 0 atom stereocenters. The third kappa shape index (κ3) is 4.32. The molecule has 3 aromatic carbocycles. The molecule has 4 rings (SSSR count). The van der Waals surface area contributed by atoms with Crippen molar-refractivity contribution in [2.75, 3.05) is 10.6 Å². The van der Waals surface area contributed by atoms with Crippen LogP contribution in [0.15, 0.2) is 65.5 Å². The van der Waals surface area contributed by atoms with Crippen molar-refractivity contribution in [1.82, 2.24) is 4.57 Å². The van der Waals surface area contributed by atoms with Crippen LogP contribution < -0.4 is 16.2 Å². The van der Waals surface area contributed by atoms with Crippen molar-refractivity contribution in [1.29, 1.82) is 0 Å². The highest BCUT2D eigenvalue weighted by atomic mass is 35.5. The van der Waals surface area contributed by atoms with E-state index < -0.39 is 23.2 Å². The van der Waals surface area contributed by atoms with Crippen molar-refractivity contribution in [3.63, 3.8) is 0 Å². The number of amides is 2. The van der Waals surface area contributed by atoms with E-state index in [1.54, 1.807) is 31.3 Å². The SMILES string of the molecule is CCc1ccc2c(c1)c(-c1ccccc1Cl)c(NC(=O)Nc1ccc(F)cc1F)c(=O)n2C. The monoisotopic (exact) mass is 467 g/mol. The third-order valence-electron chi connectivity index (χ3n) is 5.43. The number of carbonyl (C=O) groups excluding carboxylic acids is 1. The van der Waals surface area contributed by atoms with E-state index in [0.717, 1.165) is 29.5 Å². The Morgan fingerprint density at radius 1 is 1.03 bits per heavy atom. The van der Waals surface area contributed by atoms with E-state index in [1.165, 1.54) is 4.57 Å². The standard InChI is InChI=1S/C25H20ClF2N3O2/c1-3-14-8-11-21-17(12-14)22(16-6-4-5-7-18(16)26)23(24(32)31(21)2)30-25(33)29-20-10-9-15(27)13-19(20)28/h4-13H,3H2,1-2H3,(H2,29,30,33). The molecule has 2 amide bonds. The van der Waals surface area contributed by atoms with Gasteiger partial charge < -0.3 is 15.2 Å². The number of rotatable bonds is 4. The number of nitrogens with zero attached hydrogens (tertiary/aromatic N) is 1. The number of pyridine rings is 1. The summed E-state index contributed by atoms with van der Waals surface area (Å²) in [5, 5.41) is 6.02. The molecule has 0 aliphatic rings. The Bertz CT molecular complexity index is 1450. The predicted molar refractivity (Wildman–Crippen MR) is 128 cm³/mol. The molecule has 0 fully saturated rings. The molecular formula is C25H20ClF2N3O2. The van der Waals surface area contributed by atoms with Crippen LogP contribution in [0.2, 0.25) is 5.02 Å². The molecule has 33 heavy (non-hydrogen) atoms. The van der Waals surface area contributed by atoms with E-state index in [-0.39, 0.29) is 11.4 Å². The second-order valence-electron chi connectivity index (χ2n) is 7.50. The predicted octanol–water partition coefficient (Wildman–Crippen LogP) is 6.34. The first-order valence-electron chi connectivity index (χ1n) is 10.2. The Kier molecular flexibility index (Phi) is 6.16. The van der Waals surface area contributed by atoms with Crippen LogP contribution in [0.5, 0.6) is 0 Å². The molecule has 2 N–H and O–H groups in total. The normalized spacial score (nSPS) is 10.9. The number of fused-ring (bicyclic) bond motifs is 1. The van der Waals surface area contributed by atoms with E-state index in [0.29, 0.717) is 27.7 Å². The number of benzene rings is 3. The quantitative estimate of drug-likeness (QED) is 0.367.